The van der Waals surface area contributed by atoms with Gasteiger partial charge in [0.1, 0.15) is 23.7 Å². The topological polar surface area (TPSA) is 90.0 Å². The van der Waals surface area contributed by atoms with Gasteiger partial charge in [-0.25, -0.2) is 9.78 Å². The first-order chi connectivity index (χ1) is 16.4. The molecular formula is C26H27N3O5. The number of fused-ring (bicyclic) bond motifs is 1. The molecule has 1 aliphatic rings. The van der Waals surface area contributed by atoms with Gasteiger partial charge >= 0.3 is 5.97 Å². The molecule has 8 heteroatoms. The van der Waals surface area contributed by atoms with Crippen LogP contribution in [0.15, 0.2) is 60.8 Å². The van der Waals surface area contributed by atoms with Crippen LogP contribution in [0.4, 0.5) is 11.5 Å². The molecule has 0 aliphatic carbocycles. The molecule has 8 nitrogen and oxygen atoms in total. The van der Waals surface area contributed by atoms with Gasteiger partial charge in [-0.15, -0.1) is 0 Å². The lowest BCUT2D eigenvalue weighted by atomic mass is 10.1. The summed E-state index contributed by atoms with van der Waals surface area (Å²) in [5.74, 6) is 0.552. The third-order valence-electron chi connectivity index (χ3n) is 5.18. The molecule has 0 bridgehead atoms. The summed E-state index contributed by atoms with van der Waals surface area (Å²) in [5, 5.41) is 0. The standard InChI is InChI=1S/C26H27N3O5/c1-17(2)16-33-22-10-5-4-7-19(22)26(31)34-28-25(30)20-8-6-9-21-24(20)32-14-13-29(21)23-12-11-18(3)15-27-23/h4-12,15,17H,13-14,16H2,1-3H3,(H,28,30). The van der Waals surface area contributed by atoms with Crippen molar-refractivity contribution >= 4 is 23.4 Å². The van der Waals surface area contributed by atoms with Gasteiger partial charge in [0.05, 0.1) is 24.4 Å². The van der Waals surface area contributed by atoms with Gasteiger partial charge in [-0.05, 0) is 48.7 Å². The van der Waals surface area contributed by atoms with Gasteiger partial charge in [0, 0.05) is 6.20 Å². The van der Waals surface area contributed by atoms with Gasteiger partial charge in [0.2, 0.25) is 0 Å². The van der Waals surface area contributed by atoms with E-state index in [4.69, 9.17) is 14.3 Å². The van der Waals surface area contributed by atoms with Gasteiger partial charge < -0.3 is 19.2 Å². The van der Waals surface area contributed by atoms with Crippen molar-refractivity contribution in [3.8, 4) is 11.5 Å². The maximum absolute atomic E-state index is 12.9. The maximum Gasteiger partial charge on any atom is 0.366 e. The summed E-state index contributed by atoms with van der Waals surface area (Å²) in [7, 11) is 0. The predicted octanol–water partition coefficient (Wildman–Crippen LogP) is 4.46. The summed E-state index contributed by atoms with van der Waals surface area (Å²) >= 11 is 0. The average molecular weight is 462 g/mol. The summed E-state index contributed by atoms with van der Waals surface area (Å²) in [6, 6.07) is 15.9. The molecule has 0 spiro atoms. The second-order valence-corrected chi connectivity index (χ2v) is 8.37. The summed E-state index contributed by atoms with van der Waals surface area (Å²) in [6.45, 7) is 7.43. The lowest BCUT2D eigenvalue weighted by Crippen LogP contribution is -2.32. The zero-order valence-corrected chi connectivity index (χ0v) is 19.4. The first-order valence-electron chi connectivity index (χ1n) is 11.1. The number of benzene rings is 2. The molecule has 2 aromatic carbocycles. The van der Waals surface area contributed by atoms with E-state index in [2.05, 4.69) is 10.5 Å². The fourth-order valence-corrected chi connectivity index (χ4v) is 3.51. The Morgan fingerprint density at radius 3 is 2.65 bits per heavy atom. The number of aryl methyl sites for hydroxylation is 1. The van der Waals surface area contributed by atoms with Crippen molar-refractivity contribution in [2.24, 2.45) is 5.92 Å². The van der Waals surface area contributed by atoms with Crippen molar-refractivity contribution in [1.29, 1.82) is 0 Å². The second-order valence-electron chi connectivity index (χ2n) is 8.37. The number of nitrogens with one attached hydrogen (secondary N) is 1. The highest BCUT2D eigenvalue weighted by Gasteiger charge is 2.26. The van der Waals surface area contributed by atoms with Crippen LogP contribution in [-0.2, 0) is 4.84 Å². The summed E-state index contributed by atoms with van der Waals surface area (Å²) in [6.07, 6.45) is 1.79. The molecule has 176 valence electrons. The van der Waals surface area contributed by atoms with Gasteiger partial charge in [0.25, 0.3) is 5.91 Å². The zero-order chi connectivity index (χ0) is 24.1. The molecule has 1 amide bonds. The van der Waals surface area contributed by atoms with Crippen molar-refractivity contribution in [3.05, 3.63) is 77.5 Å². The molecule has 34 heavy (non-hydrogen) atoms. The Bertz CT molecular complexity index is 1180. The molecule has 1 N–H and O–H groups in total. The van der Waals surface area contributed by atoms with Crippen molar-refractivity contribution in [2.45, 2.75) is 20.8 Å². The van der Waals surface area contributed by atoms with E-state index in [-0.39, 0.29) is 11.1 Å². The number of amides is 1. The first-order valence-corrected chi connectivity index (χ1v) is 11.1. The molecule has 0 unspecified atom stereocenters. The minimum Gasteiger partial charge on any atom is -0.492 e. The van der Waals surface area contributed by atoms with E-state index in [0.717, 1.165) is 11.4 Å². The summed E-state index contributed by atoms with van der Waals surface area (Å²) < 4.78 is 11.5. The van der Waals surface area contributed by atoms with Crippen LogP contribution in [0.3, 0.4) is 0 Å². The number of aromatic nitrogens is 1. The lowest BCUT2D eigenvalue weighted by Gasteiger charge is -2.31. The van der Waals surface area contributed by atoms with Gasteiger partial charge in [-0.1, -0.05) is 38.1 Å². The smallest absolute Gasteiger partial charge is 0.366 e. The highest BCUT2D eigenvalue weighted by Crippen LogP contribution is 2.38. The Labute approximate surface area is 198 Å². The van der Waals surface area contributed by atoms with Crippen molar-refractivity contribution in [1.82, 2.24) is 10.5 Å². The largest absolute Gasteiger partial charge is 0.492 e. The van der Waals surface area contributed by atoms with E-state index in [9.17, 15) is 9.59 Å². The number of ether oxygens (including phenoxy) is 2. The highest BCUT2D eigenvalue weighted by atomic mass is 16.7. The predicted molar refractivity (Wildman–Crippen MR) is 128 cm³/mol. The molecule has 1 aliphatic heterocycles. The van der Waals surface area contributed by atoms with E-state index in [1.54, 1.807) is 42.6 Å². The summed E-state index contributed by atoms with van der Waals surface area (Å²) in [5.41, 5.74) is 4.50. The normalized spacial score (nSPS) is 12.5. The monoisotopic (exact) mass is 461 g/mol. The number of rotatable bonds is 6. The Morgan fingerprint density at radius 1 is 1.09 bits per heavy atom. The van der Waals surface area contributed by atoms with Crippen LogP contribution in [0.1, 0.15) is 40.1 Å². The molecule has 0 saturated carbocycles. The molecule has 0 atom stereocenters. The molecule has 0 fully saturated rings. The minimum absolute atomic E-state index is 0.228. The number of pyridine rings is 1. The van der Waals surface area contributed by atoms with E-state index < -0.39 is 11.9 Å². The van der Waals surface area contributed by atoms with Gasteiger partial charge in [0.15, 0.2) is 5.75 Å². The van der Waals surface area contributed by atoms with Crippen molar-refractivity contribution in [3.63, 3.8) is 0 Å². The van der Waals surface area contributed by atoms with E-state index in [1.807, 2.05) is 43.9 Å². The van der Waals surface area contributed by atoms with Crippen molar-refractivity contribution in [2.75, 3.05) is 24.7 Å². The molecule has 3 aromatic rings. The highest BCUT2D eigenvalue weighted by molar-refractivity contribution is 6.00. The molecule has 0 radical (unpaired) electrons. The first kappa shape index (κ1) is 23.1. The van der Waals surface area contributed by atoms with Crippen LogP contribution in [-0.4, -0.2) is 36.6 Å². The number of carbonyl (C=O) groups excluding carboxylic acids is 2. The number of anilines is 2. The molecular weight excluding hydrogens is 434 g/mol. The number of carbonyl (C=O) groups is 2. The molecule has 0 saturated heterocycles. The SMILES string of the molecule is Cc1ccc(N2CCOc3c(C(=O)NOC(=O)c4ccccc4OCC(C)C)cccc32)nc1. The van der Waals surface area contributed by atoms with E-state index >= 15 is 0 Å². The Balaban J connectivity index is 1.49. The Morgan fingerprint density at radius 2 is 1.88 bits per heavy atom. The van der Waals surface area contributed by atoms with E-state index in [1.165, 1.54) is 0 Å². The minimum atomic E-state index is -0.719. The summed E-state index contributed by atoms with van der Waals surface area (Å²) in [4.78, 5) is 37.1. The van der Waals surface area contributed by atoms with Crippen LogP contribution >= 0.6 is 0 Å². The quantitative estimate of drug-likeness (QED) is 0.542. The van der Waals surface area contributed by atoms with Crippen molar-refractivity contribution < 1.29 is 23.9 Å². The molecule has 2 heterocycles. The molecule has 4 rings (SSSR count). The fourth-order valence-electron chi connectivity index (χ4n) is 3.51. The van der Waals surface area contributed by atoms with Crippen LogP contribution in [0.25, 0.3) is 0 Å². The third kappa shape index (κ3) is 5.11. The zero-order valence-electron chi connectivity index (χ0n) is 19.4. The number of hydrogen-bond acceptors (Lipinski definition) is 7. The molecule has 1 aromatic heterocycles. The number of nitrogens with zero attached hydrogens (tertiary/aromatic N) is 2. The number of para-hydroxylation sites is 2. The Kier molecular flexibility index (Phi) is 6.96. The van der Waals surface area contributed by atoms with Crippen LogP contribution in [0.5, 0.6) is 11.5 Å². The number of hydroxylamine groups is 1. The van der Waals surface area contributed by atoms with Gasteiger partial charge in [-0.2, -0.15) is 5.48 Å². The lowest BCUT2D eigenvalue weighted by molar-refractivity contribution is 0.0224. The van der Waals surface area contributed by atoms with E-state index in [0.29, 0.717) is 42.9 Å². The van der Waals surface area contributed by atoms with Crippen LogP contribution in [0, 0.1) is 12.8 Å². The number of hydrogen-bond donors (Lipinski definition) is 1. The maximum atomic E-state index is 12.9. The second kappa shape index (κ2) is 10.2. The van der Waals surface area contributed by atoms with Gasteiger partial charge in [-0.3, -0.25) is 4.79 Å². The van der Waals surface area contributed by atoms with Crippen LogP contribution in [0.2, 0.25) is 0 Å². The van der Waals surface area contributed by atoms with Crippen LogP contribution < -0.4 is 19.9 Å². The average Bonchev–Trinajstić information content (AvgIpc) is 2.85. The third-order valence-corrected chi connectivity index (χ3v) is 5.18. The fraction of sp³-hybridized carbons (Fsp3) is 0.269. The Hall–Kier alpha value is -4.07.